The Morgan fingerprint density at radius 1 is 1.26 bits per heavy atom. The molecule has 0 spiro atoms. The lowest BCUT2D eigenvalue weighted by Gasteiger charge is -2.35. The van der Waals surface area contributed by atoms with E-state index in [2.05, 4.69) is 55.3 Å². The highest BCUT2D eigenvalue weighted by Crippen LogP contribution is 2.20. The zero-order valence-corrected chi connectivity index (χ0v) is 13.0. The summed E-state index contributed by atoms with van der Waals surface area (Å²) in [5.41, 5.74) is 2.45. The number of hydrogen-bond acceptors (Lipinski definition) is 1. The fourth-order valence-electron chi connectivity index (χ4n) is 2.55. The first-order valence-corrected chi connectivity index (χ1v) is 7.66. The van der Waals surface area contributed by atoms with Crippen LogP contribution in [-0.2, 0) is 0 Å². The molecular formula is C16H24N2S. The molecule has 1 N–H and O–H groups in total. The van der Waals surface area contributed by atoms with Crippen molar-refractivity contribution < 1.29 is 0 Å². The third-order valence-electron chi connectivity index (χ3n) is 3.89. The van der Waals surface area contributed by atoms with Gasteiger partial charge >= 0.3 is 0 Å². The molecule has 0 aromatic heterocycles. The summed E-state index contributed by atoms with van der Waals surface area (Å²) < 4.78 is 0. The lowest BCUT2D eigenvalue weighted by atomic mass is 10.0. The van der Waals surface area contributed by atoms with E-state index < -0.39 is 0 Å². The minimum atomic E-state index is 0.559. The monoisotopic (exact) mass is 276 g/mol. The van der Waals surface area contributed by atoms with Gasteiger partial charge in [-0.1, -0.05) is 26.0 Å². The number of nitrogens with one attached hydrogen (secondary N) is 1. The molecule has 1 atom stereocenters. The number of thiocarbonyl (C=S) groups is 1. The molecule has 1 aromatic carbocycles. The molecule has 2 nitrogen and oxygen atoms in total. The van der Waals surface area contributed by atoms with Crippen LogP contribution in [0.5, 0.6) is 0 Å². The summed E-state index contributed by atoms with van der Waals surface area (Å²) in [6.45, 7) is 7.76. The quantitative estimate of drug-likeness (QED) is 0.807. The maximum absolute atomic E-state index is 5.53. The van der Waals surface area contributed by atoms with Crippen molar-refractivity contribution in [1.82, 2.24) is 4.90 Å². The molecule has 1 heterocycles. The molecule has 0 amide bonds. The van der Waals surface area contributed by atoms with Gasteiger partial charge in [-0.3, -0.25) is 0 Å². The molecule has 0 aliphatic carbocycles. The highest BCUT2D eigenvalue weighted by molar-refractivity contribution is 7.80. The topological polar surface area (TPSA) is 15.3 Å². The molecule has 3 heteroatoms. The van der Waals surface area contributed by atoms with Crippen molar-refractivity contribution in [3.05, 3.63) is 29.8 Å². The average Bonchev–Trinajstić information content (AvgIpc) is 2.39. The van der Waals surface area contributed by atoms with Gasteiger partial charge in [0.2, 0.25) is 0 Å². The second-order valence-corrected chi connectivity index (χ2v) is 6.13. The third kappa shape index (κ3) is 3.69. The van der Waals surface area contributed by atoms with Gasteiger partial charge in [0.15, 0.2) is 5.11 Å². The summed E-state index contributed by atoms with van der Waals surface area (Å²) in [4.78, 5) is 2.31. The van der Waals surface area contributed by atoms with Crippen molar-refractivity contribution in [3.8, 4) is 0 Å². The van der Waals surface area contributed by atoms with E-state index in [9.17, 15) is 0 Å². The predicted octanol–water partition coefficient (Wildman–Crippen LogP) is 4.38. The molecule has 0 radical (unpaired) electrons. The lowest BCUT2D eigenvalue weighted by molar-refractivity contribution is 0.262. The van der Waals surface area contributed by atoms with E-state index in [4.69, 9.17) is 12.2 Å². The van der Waals surface area contributed by atoms with Gasteiger partial charge in [0.05, 0.1) is 0 Å². The number of likely N-dealkylation sites (tertiary alicyclic amines) is 1. The van der Waals surface area contributed by atoms with Gasteiger partial charge in [-0.05, 0) is 62.0 Å². The SMILES string of the molecule is CC(C)c1ccc(NC(=S)N2CCCC[C@H]2C)cc1. The van der Waals surface area contributed by atoms with Crippen LogP contribution in [0.25, 0.3) is 0 Å². The van der Waals surface area contributed by atoms with Crippen molar-refractivity contribution in [2.45, 2.75) is 52.0 Å². The Morgan fingerprint density at radius 2 is 1.95 bits per heavy atom. The van der Waals surface area contributed by atoms with Crippen LogP contribution in [0.2, 0.25) is 0 Å². The van der Waals surface area contributed by atoms with Gasteiger partial charge in [-0.25, -0.2) is 0 Å². The molecule has 104 valence electrons. The maximum Gasteiger partial charge on any atom is 0.173 e. The Bertz CT molecular complexity index is 425. The summed E-state index contributed by atoms with van der Waals surface area (Å²) in [5, 5.41) is 4.23. The Morgan fingerprint density at radius 3 is 2.53 bits per heavy atom. The van der Waals surface area contributed by atoms with Crippen LogP contribution >= 0.6 is 12.2 Å². The van der Waals surface area contributed by atoms with Gasteiger partial charge in [0, 0.05) is 18.3 Å². The summed E-state index contributed by atoms with van der Waals surface area (Å²) in [6, 6.07) is 9.15. The molecule has 1 saturated heterocycles. The molecular weight excluding hydrogens is 252 g/mol. The first-order valence-electron chi connectivity index (χ1n) is 7.25. The van der Waals surface area contributed by atoms with E-state index in [1.54, 1.807) is 0 Å². The van der Waals surface area contributed by atoms with E-state index in [0.29, 0.717) is 12.0 Å². The molecule has 2 rings (SSSR count). The minimum Gasteiger partial charge on any atom is -0.346 e. The molecule has 1 aliphatic heterocycles. The van der Waals surface area contributed by atoms with Crippen molar-refractivity contribution >= 4 is 23.0 Å². The molecule has 0 saturated carbocycles. The van der Waals surface area contributed by atoms with Crippen molar-refractivity contribution in [1.29, 1.82) is 0 Å². The molecule has 19 heavy (non-hydrogen) atoms. The van der Waals surface area contributed by atoms with Crippen LogP contribution < -0.4 is 5.32 Å². The van der Waals surface area contributed by atoms with E-state index in [0.717, 1.165) is 17.3 Å². The van der Waals surface area contributed by atoms with Crippen LogP contribution in [0, 0.1) is 0 Å². The van der Waals surface area contributed by atoms with Crippen molar-refractivity contribution in [2.75, 3.05) is 11.9 Å². The summed E-state index contributed by atoms with van der Waals surface area (Å²) in [6.07, 6.45) is 3.82. The van der Waals surface area contributed by atoms with Crippen LogP contribution in [0.1, 0.15) is 51.5 Å². The van der Waals surface area contributed by atoms with Gasteiger partial charge in [-0.15, -0.1) is 0 Å². The van der Waals surface area contributed by atoms with Crippen LogP contribution in [-0.4, -0.2) is 22.6 Å². The number of piperidine rings is 1. The molecule has 1 aromatic rings. The Hall–Kier alpha value is -1.09. The van der Waals surface area contributed by atoms with E-state index in [-0.39, 0.29) is 0 Å². The van der Waals surface area contributed by atoms with E-state index in [1.807, 2.05) is 0 Å². The number of anilines is 1. The third-order valence-corrected chi connectivity index (χ3v) is 4.23. The zero-order valence-electron chi connectivity index (χ0n) is 12.1. The average molecular weight is 276 g/mol. The number of hydrogen-bond donors (Lipinski definition) is 1. The first-order chi connectivity index (χ1) is 9.08. The fourth-order valence-corrected chi connectivity index (χ4v) is 2.94. The number of nitrogens with zero attached hydrogens (tertiary/aromatic N) is 1. The highest BCUT2D eigenvalue weighted by Gasteiger charge is 2.20. The summed E-state index contributed by atoms with van der Waals surface area (Å²) in [7, 11) is 0. The van der Waals surface area contributed by atoms with Gasteiger partial charge in [0.1, 0.15) is 0 Å². The van der Waals surface area contributed by atoms with Crippen molar-refractivity contribution in [2.24, 2.45) is 0 Å². The van der Waals surface area contributed by atoms with Crippen LogP contribution in [0.15, 0.2) is 24.3 Å². The summed E-state index contributed by atoms with van der Waals surface area (Å²) >= 11 is 5.53. The molecule has 1 fully saturated rings. The van der Waals surface area contributed by atoms with Gasteiger partial charge < -0.3 is 10.2 Å². The Balaban J connectivity index is 1.98. The van der Waals surface area contributed by atoms with Crippen LogP contribution in [0.4, 0.5) is 5.69 Å². The second kappa shape index (κ2) is 6.38. The summed E-state index contributed by atoms with van der Waals surface area (Å²) in [5.74, 6) is 0.572. The smallest absolute Gasteiger partial charge is 0.173 e. The Kier molecular flexibility index (Phi) is 4.81. The normalized spacial score (nSPS) is 19.6. The van der Waals surface area contributed by atoms with Crippen LogP contribution in [0.3, 0.4) is 0 Å². The zero-order chi connectivity index (χ0) is 13.8. The number of benzene rings is 1. The van der Waals surface area contributed by atoms with E-state index in [1.165, 1.54) is 24.8 Å². The Labute approximate surface area is 122 Å². The second-order valence-electron chi connectivity index (χ2n) is 5.75. The first kappa shape index (κ1) is 14.3. The minimum absolute atomic E-state index is 0.559. The predicted molar refractivity (Wildman–Crippen MR) is 86.8 cm³/mol. The standard InChI is InChI=1S/C16H24N2S/c1-12(2)14-7-9-15(10-8-14)17-16(19)18-11-5-4-6-13(18)3/h7-10,12-13H,4-6,11H2,1-3H3,(H,17,19)/t13-/m1/s1. The largest absolute Gasteiger partial charge is 0.346 e. The van der Waals surface area contributed by atoms with Gasteiger partial charge in [-0.2, -0.15) is 0 Å². The maximum atomic E-state index is 5.53. The molecule has 1 aliphatic rings. The van der Waals surface area contributed by atoms with Crippen molar-refractivity contribution in [3.63, 3.8) is 0 Å². The fraction of sp³-hybridized carbons (Fsp3) is 0.562. The van der Waals surface area contributed by atoms with E-state index >= 15 is 0 Å². The number of rotatable bonds is 2. The molecule has 0 bridgehead atoms. The lowest BCUT2D eigenvalue weighted by Crippen LogP contribution is -2.44. The molecule has 0 unspecified atom stereocenters. The highest BCUT2D eigenvalue weighted by atomic mass is 32.1. The van der Waals surface area contributed by atoms with Gasteiger partial charge in [0.25, 0.3) is 0 Å².